The molecule has 3 nitrogen and oxygen atoms in total. The van der Waals surface area contributed by atoms with Gasteiger partial charge in [0.2, 0.25) is 5.91 Å². The van der Waals surface area contributed by atoms with Crippen LogP contribution < -0.4 is 0 Å². The quantitative estimate of drug-likeness (QED) is 0.842. The van der Waals surface area contributed by atoms with Crippen molar-refractivity contribution in [1.29, 1.82) is 0 Å². The third-order valence-corrected chi connectivity index (χ3v) is 4.97. The molecule has 1 amide bonds. The van der Waals surface area contributed by atoms with Gasteiger partial charge >= 0.3 is 0 Å². The van der Waals surface area contributed by atoms with Crippen molar-refractivity contribution in [2.75, 3.05) is 20.1 Å². The highest BCUT2D eigenvalue weighted by Gasteiger charge is 2.26. The molecule has 1 aliphatic heterocycles. The first kappa shape index (κ1) is 15.5. The summed E-state index contributed by atoms with van der Waals surface area (Å²) in [6.07, 6.45) is 2.13. The highest BCUT2D eigenvalue weighted by molar-refractivity contribution is 9.10. The number of likely N-dealkylation sites (tertiary alicyclic amines) is 1. The van der Waals surface area contributed by atoms with Crippen LogP contribution in [-0.4, -0.2) is 41.9 Å². The molecule has 20 heavy (non-hydrogen) atoms. The molecule has 0 spiro atoms. The maximum absolute atomic E-state index is 11.4. The van der Waals surface area contributed by atoms with Gasteiger partial charge < -0.3 is 4.90 Å². The van der Waals surface area contributed by atoms with Gasteiger partial charge in [0.25, 0.3) is 0 Å². The molecule has 1 saturated heterocycles. The lowest BCUT2D eigenvalue weighted by molar-refractivity contribution is -0.130. The normalized spacial score (nSPS) is 18.8. The average molecular weight is 339 g/mol. The summed E-state index contributed by atoms with van der Waals surface area (Å²) in [5, 5.41) is 0. The lowest BCUT2D eigenvalue weighted by atomic mass is 9.99. The maximum atomic E-state index is 11.4. The average Bonchev–Trinajstić information content (AvgIpc) is 2.46. The van der Waals surface area contributed by atoms with Crippen molar-refractivity contribution in [1.82, 2.24) is 9.80 Å². The van der Waals surface area contributed by atoms with E-state index in [9.17, 15) is 4.79 Å². The second-order valence-corrected chi connectivity index (χ2v) is 6.54. The van der Waals surface area contributed by atoms with E-state index in [1.807, 2.05) is 11.9 Å². The summed E-state index contributed by atoms with van der Waals surface area (Å²) < 4.78 is 1.12. The number of carbonyl (C=O) groups is 1. The predicted octanol–water partition coefficient (Wildman–Crippen LogP) is 3.45. The smallest absolute Gasteiger partial charge is 0.219 e. The molecule has 1 atom stereocenters. The molecule has 110 valence electrons. The molecule has 0 aliphatic carbocycles. The van der Waals surface area contributed by atoms with E-state index >= 15 is 0 Å². The molecule has 4 heteroatoms. The van der Waals surface area contributed by atoms with E-state index in [1.165, 1.54) is 5.56 Å². The van der Waals surface area contributed by atoms with Crippen molar-refractivity contribution in [2.45, 2.75) is 38.8 Å². The molecule has 2 rings (SSSR count). The van der Waals surface area contributed by atoms with E-state index in [-0.39, 0.29) is 5.91 Å². The maximum Gasteiger partial charge on any atom is 0.219 e. The summed E-state index contributed by atoms with van der Waals surface area (Å²) in [5.74, 6) is 0.171. The molecule has 0 N–H and O–H groups in total. The molecule has 1 heterocycles. The van der Waals surface area contributed by atoms with Crippen LogP contribution in [0.25, 0.3) is 0 Å². The lowest BCUT2D eigenvalue weighted by Gasteiger charge is -2.39. The summed E-state index contributed by atoms with van der Waals surface area (Å²) in [7, 11) is 1.92. The summed E-state index contributed by atoms with van der Waals surface area (Å²) in [4.78, 5) is 15.8. The van der Waals surface area contributed by atoms with Gasteiger partial charge in [0, 0.05) is 43.6 Å². The number of hydrogen-bond donors (Lipinski definition) is 0. The second-order valence-electron chi connectivity index (χ2n) is 5.62. The lowest BCUT2D eigenvalue weighted by Crippen LogP contribution is -2.45. The Bertz CT molecular complexity index is 452. The van der Waals surface area contributed by atoms with Gasteiger partial charge in [-0.1, -0.05) is 28.1 Å². The van der Waals surface area contributed by atoms with E-state index in [2.05, 4.69) is 52.0 Å². The first-order valence-corrected chi connectivity index (χ1v) is 8.01. The number of benzene rings is 1. The van der Waals surface area contributed by atoms with Crippen LogP contribution >= 0.6 is 15.9 Å². The Kier molecular flexibility index (Phi) is 5.22. The monoisotopic (exact) mass is 338 g/mol. The molecular formula is C16H23BrN2O. The number of rotatable bonds is 3. The Morgan fingerprint density at radius 3 is 2.35 bits per heavy atom. The molecule has 0 aromatic heterocycles. The van der Waals surface area contributed by atoms with Crippen LogP contribution in [0.15, 0.2) is 28.7 Å². The van der Waals surface area contributed by atoms with Gasteiger partial charge in [-0.2, -0.15) is 0 Å². The Hall–Kier alpha value is -0.870. The fraction of sp³-hybridized carbons (Fsp3) is 0.562. The number of amides is 1. The van der Waals surface area contributed by atoms with Gasteiger partial charge in [-0.25, -0.2) is 0 Å². The van der Waals surface area contributed by atoms with Crippen LogP contribution in [-0.2, 0) is 4.79 Å². The molecular weight excluding hydrogens is 316 g/mol. The highest BCUT2D eigenvalue weighted by atomic mass is 79.9. The van der Waals surface area contributed by atoms with Gasteiger partial charge in [0.15, 0.2) is 0 Å². The van der Waals surface area contributed by atoms with Crippen LogP contribution in [0, 0.1) is 0 Å². The zero-order valence-corrected chi connectivity index (χ0v) is 14.1. The fourth-order valence-corrected chi connectivity index (χ4v) is 3.13. The molecule has 0 unspecified atom stereocenters. The van der Waals surface area contributed by atoms with Crippen LogP contribution in [0.5, 0.6) is 0 Å². The van der Waals surface area contributed by atoms with E-state index < -0.39 is 0 Å². The van der Waals surface area contributed by atoms with Crippen LogP contribution in [0.4, 0.5) is 0 Å². The first-order valence-electron chi connectivity index (χ1n) is 7.22. The molecule has 1 aromatic carbocycles. The van der Waals surface area contributed by atoms with Crippen molar-refractivity contribution in [3.05, 3.63) is 34.3 Å². The summed E-state index contributed by atoms with van der Waals surface area (Å²) in [6, 6.07) is 9.41. The number of halogens is 1. The number of carbonyl (C=O) groups excluding carboxylic acids is 1. The molecule has 0 saturated carbocycles. The zero-order chi connectivity index (χ0) is 14.7. The molecule has 0 bridgehead atoms. The van der Waals surface area contributed by atoms with Crippen molar-refractivity contribution >= 4 is 21.8 Å². The molecule has 1 fully saturated rings. The van der Waals surface area contributed by atoms with Gasteiger partial charge in [-0.3, -0.25) is 9.69 Å². The number of piperidine rings is 1. The van der Waals surface area contributed by atoms with E-state index in [0.29, 0.717) is 12.1 Å². The largest absolute Gasteiger partial charge is 0.343 e. The van der Waals surface area contributed by atoms with Gasteiger partial charge in [0.05, 0.1) is 0 Å². The molecule has 1 aromatic rings. The SMILES string of the molecule is CC(=O)N(C)C1CCN([C@@H](C)c2ccc(Br)cc2)CC1. The second kappa shape index (κ2) is 6.72. The summed E-state index contributed by atoms with van der Waals surface area (Å²) >= 11 is 3.48. The van der Waals surface area contributed by atoms with E-state index in [0.717, 1.165) is 30.4 Å². The number of hydrogen-bond acceptors (Lipinski definition) is 2. The third-order valence-electron chi connectivity index (χ3n) is 4.44. The van der Waals surface area contributed by atoms with Crippen molar-refractivity contribution < 1.29 is 4.79 Å². The Labute approximate surface area is 130 Å². The van der Waals surface area contributed by atoms with Gasteiger partial charge in [-0.15, -0.1) is 0 Å². The van der Waals surface area contributed by atoms with Crippen LogP contribution in [0.2, 0.25) is 0 Å². The topological polar surface area (TPSA) is 23.6 Å². The zero-order valence-electron chi connectivity index (χ0n) is 12.5. The van der Waals surface area contributed by atoms with Crippen molar-refractivity contribution in [2.24, 2.45) is 0 Å². The Balaban J connectivity index is 1.93. The van der Waals surface area contributed by atoms with Crippen molar-refractivity contribution in [3.8, 4) is 0 Å². The summed E-state index contributed by atoms with van der Waals surface area (Å²) in [5.41, 5.74) is 1.35. The minimum Gasteiger partial charge on any atom is -0.343 e. The third kappa shape index (κ3) is 3.61. The summed E-state index contributed by atoms with van der Waals surface area (Å²) in [6.45, 7) is 6.02. The van der Waals surface area contributed by atoms with Gasteiger partial charge in [0.1, 0.15) is 0 Å². The number of nitrogens with zero attached hydrogens (tertiary/aromatic N) is 2. The van der Waals surface area contributed by atoms with Crippen LogP contribution in [0.1, 0.15) is 38.3 Å². The van der Waals surface area contributed by atoms with Gasteiger partial charge in [-0.05, 0) is 37.5 Å². The fourth-order valence-electron chi connectivity index (χ4n) is 2.87. The van der Waals surface area contributed by atoms with E-state index in [4.69, 9.17) is 0 Å². The minimum atomic E-state index is 0.171. The Morgan fingerprint density at radius 2 is 1.85 bits per heavy atom. The van der Waals surface area contributed by atoms with Crippen molar-refractivity contribution in [3.63, 3.8) is 0 Å². The first-order chi connectivity index (χ1) is 9.49. The molecule has 0 radical (unpaired) electrons. The predicted molar refractivity (Wildman–Crippen MR) is 85.6 cm³/mol. The minimum absolute atomic E-state index is 0.171. The van der Waals surface area contributed by atoms with Crippen LogP contribution in [0.3, 0.4) is 0 Å². The molecule has 1 aliphatic rings. The highest BCUT2D eigenvalue weighted by Crippen LogP contribution is 2.26. The standard InChI is InChI=1S/C16H23BrN2O/c1-12(14-4-6-15(17)7-5-14)19-10-8-16(9-11-19)18(3)13(2)20/h4-7,12,16H,8-11H2,1-3H3/t12-/m0/s1. The Morgan fingerprint density at radius 1 is 1.30 bits per heavy atom. The van der Waals surface area contributed by atoms with E-state index in [1.54, 1.807) is 6.92 Å².